The monoisotopic (exact) mass is 682 g/mol. The molecule has 3 aromatic heterocycles. The Morgan fingerprint density at radius 1 is 1.02 bits per heavy atom. The number of anilines is 2. The van der Waals surface area contributed by atoms with Gasteiger partial charge in [-0.05, 0) is 67.3 Å². The molecule has 0 saturated carbocycles. The first-order chi connectivity index (χ1) is 24.3. The van der Waals surface area contributed by atoms with Gasteiger partial charge in [0.15, 0.2) is 23.0 Å². The number of imidazole rings is 1. The van der Waals surface area contributed by atoms with Crippen molar-refractivity contribution >= 4 is 23.1 Å². The van der Waals surface area contributed by atoms with Crippen molar-refractivity contribution in [3.63, 3.8) is 0 Å². The fourth-order valence-corrected chi connectivity index (χ4v) is 7.23. The Morgan fingerprint density at radius 3 is 2.60 bits per heavy atom. The Labute approximate surface area is 289 Å². The maximum absolute atomic E-state index is 15.3. The van der Waals surface area contributed by atoms with Crippen LogP contribution in [0.3, 0.4) is 0 Å². The molecule has 50 heavy (non-hydrogen) atoms. The van der Waals surface area contributed by atoms with Gasteiger partial charge in [0, 0.05) is 73.5 Å². The molecule has 2 aromatic carbocycles. The summed E-state index contributed by atoms with van der Waals surface area (Å²) in [5.74, 6) is -0.959. The fraction of sp³-hybridized carbons (Fsp3) is 0.378. The number of nitrogens with one attached hydrogen (secondary N) is 3. The molecule has 1 atom stereocenters. The Bertz CT molecular complexity index is 1970. The summed E-state index contributed by atoms with van der Waals surface area (Å²) in [7, 11) is 2.39. The number of aryl methyl sites for hydroxylation is 1. The van der Waals surface area contributed by atoms with Gasteiger partial charge < -0.3 is 25.2 Å². The minimum absolute atomic E-state index is 0.0000466. The van der Waals surface area contributed by atoms with E-state index in [0.29, 0.717) is 41.6 Å². The van der Waals surface area contributed by atoms with Crippen molar-refractivity contribution in [2.75, 3.05) is 51.6 Å². The Hall–Kier alpha value is -5.01. The molecule has 5 heterocycles. The lowest BCUT2D eigenvalue weighted by Crippen LogP contribution is -2.53. The lowest BCUT2D eigenvalue weighted by Gasteiger charge is -2.42. The van der Waals surface area contributed by atoms with E-state index in [2.05, 4.69) is 42.9 Å². The number of nitrogens with zero attached hydrogens (tertiary/aromatic N) is 6. The second-order valence-electron chi connectivity index (χ2n) is 13.6. The van der Waals surface area contributed by atoms with E-state index in [1.165, 1.54) is 43.7 Å². The van der Waals surface area contributed by atoms with Crippen LogP contribution in [0.2, 0.25) is 0 Å². The van der Waals surface area contributed by atoms with Crippen LogP contribution in [0.15, 0.2) is 67.4 Å². The van der Waals surface area contributed by atoms with Crippen LogP contribution in [-0.2, 0) is 6.42 Å². The van der Waals surface area contributed by atoms with E-state index in [9.17, 15) is 4.79 Å². The number of piperidine rings is 1. The molecule has 1 amide bonds. The molecular weight excluding hydrogens is 640 g/mol. The van der Waals surface area contributed by atoms with Crippen LogP contribution in [0, 0.1) is 23.5 Å². The number of halogens is 2. The van der Waals surface area contributed by atoms with Crippen molar-refractivity contribution in [3.05, 3.63) is 90.1 Å². The third kappa shape index (κ3) is 7.15. The summed E-state index contributed by atoms with van der Waals surface area (Å²) in [6.45, 7) is 8.55. The smallest absolute Gasteiger partial charge is 0.321 e. The van der Waals surface area contributed by atoms with Crippen LogP contribution < -0.4 is 20.7 Å². The number of aromatic nitrogens is 5. The minimum Gasteiger partial charge on any atom is -0.421 e. The third-order valence-corrected chi connectivity index (χ3v) is 10.1. The van der Waals surface area contributed by atoms with Crippen LogP contribution >= 0.6 is 0 Å². The quantitative estimate of drug-likeness (QED) is 0.151. The Morgan fingerprint density at radius 2 is 1.84 bits per heavy atom. The molecule has 0 spiro atoms. The first-order valence-electron chi connectivity index (χ1n) is 17.3. The van der Waals surface area contributed by atoms with Gasteiger partial charge in [0.25, 0.3) is 5.91 Å². The van der Waals surface area contributed by atoms with E-state index in [1.54, 1.807) is 22.9 Å². The van der Waals surface area contributed by atoms with Crippen molar-refractivity contribution in [2.45, 2.75) is 32.6 Å². The standard InChI is InChI=1S/C37H41F2N9O2/c1-3-26-19-27(5-6-28(26)36(49)45-21-24-10-17-48(2,18-11-24)23-25-9-14-40-20-25)46-34-35-44-22-30(47(35)16-15-41-34)29-7-8-31(33(39)32(29)38)50-37-42-12-4-13-43-37/h4-8,12-13,15-16,19,22,24-25,40H,3,9-11,14,17-18,20-21,23H2,1-2H3,(H-,41,45,46,49)/p+1. The van der Waals surface area contributed by atoms with E-state index < -0.39 is 11.6 Å². The normalized spacial score (nSPS) is 20.6. The van der Waals surface area contributed by atoms with Gasteiger partial charge in [-0.15, -0.1) is 0 Å². The highest BCUT2D eigenvalue weighted by Gasteiger charge is 2.33. The lowest BCUT2D eigenvalue weighted by atomic mass is 9.93. The maximum atomic E-state index is 15.3. The number of hydrogen-bond acceptors (Lipinski definition) is 8. The number of likely N-dealkylation sites (tertiary alicyclic amines) is 1. The summed E-state index contributed by atoms with van der Waals surface area (Å²) < 4.78 is 38.5. The first kappa shape index (κ1) is 33.5. The predicted molar refractivity (Wildman–Crippen MR) is 186 cm³/mol. The average molecular weight is 683 g/mol. The summed E-state index contributed by atoms with van der Waals surface area (Å²) >= 11 is 0. The van der Waals surface area contributed by atoms with E-state index >= 15 is 8.78 Å². The molecule has 2 saturated heterocycles. The van der Waals surface area contributed by atoms with Gasteiger partial charge in [0.2, 0.25) is 5.82 Å². The zero-order chi connectivity index (χ0) is 34.7. The highest BCUT2D eigenvalue weighted by atomic mass is 19.2. The van der Waals surface area contributed by atoms with E-state index in [4.69, 9.17) is 4.74 Å². The molecular formula is C37H42F2N9O2+. The van der Waals surface area contributed by atoms with Gasteiger partial charge in [-0.1, -0.05) is 6.92 Å². The van der Waals surface area contributed by atoms with Gasteiger partial charge in [0.1, 0.15) is 0 Å². The van der Waals surface area contributed by atoms with Crippen LogP contribution in [0.25, 0.3) is 16.9 Å². The number of ether oxygens (including phenoxy) is 1. The largest absolute Gasteiger partial charge is 0.421 e. The van der Waals surface area contributed by atoms with Gasteiger partial charge in [0.05, 0.1) is 38.6 Å². The van der Waals surface area contributed by atoms with Gasteiger partial charge in [-0.25, -0.2) is 24.3 Å². The molecule has 0 bridgehead atoms. The number of amides is 1. The van der Waals surface area contributed by atoms with Gasteiger partial charge in [-0.3, -0.25) is 9.20 Å². The van der Waals surface area contributed by atoms with Crippen molar-refractivity contribution in [1.82, 2.24) is 35.0 Å². The number of carbonyl (C=O) groups excluding carboxylic acids is 1. The molecule has 2 aliphatic heterocycles. The molecule has 0 aliphatic carbocycles. The van der Waals surface area contributed by atoms with Crippen LogP contribution in [0.5, 0.6) is 11.8 Å². The van der Waals surface area contributed by atoms with Gasteiger partial charge >= 0.3 is 6.01 Å². The number of carbonyl (C=O) groups is 1. The molecule has 13 heteroatoms. The second kappa shape index (κ2) is 14.5. The summed E-state index contributed by atoms with van der Waals surface area (Å²) in [6, 6.07) is 9.86. The molecule has 0 radical (unpaired) electrons. The molecule has 260 valence electrons. The van der Waals surface area contributed by atoms with Crippen molar-refractivity contribution in [2.24, 2.45) is 11.8 Å². The van der Waals surface area contributed by atoms with Crippen molar-refractivity contribution in [1.29, 1.82) is 0 Å². The van der Waals surface area contributed by atoms with Crippen LogP contribution in [0.4, 0.5) is 20.3 Å². The van der Waals surface area contributed by atoms with Crippen LogP contribution in [-0.4, -0.2) is 81.0 Å². The molecule has 1 unspecified atom stereocenters. The van der Waals surface area contributed by atoms with Crippen molar-refractivity contribution in [3.8, 4) is 23.0 Å². The first-order valence-corrected chi connectivity index (χ1v) is 17.3. The zero-order valence-corrected chi connectivity index (χ0v) is 28.3. The zero-order valence-electron chi connectivity index (χ0n) is 28.3. The summed E-state index contributed by atoms with van der Waals surface area (Å²) in [6.07, 6.45) is 11.7. The number of benzene rings is 2. The predicted octanol–water partition coefficient (Wildman–Crippen LogP) is 5.76. The van der Waals surface area contributed by atoms with E-state index in [0.717, 1.165) is 60.7 Å². The SMILES string of the molecule is CCc1cc(Nc2nccn3c(-c4ccc(Oc5ncccn5)c(F)c4F)cnc23)ccc1C(=O)NCC1CC[N+](C)(CC2CCNC2)CC1. The molecule has 2 aliphatic rings. The molecule has 11 nitrogen and oxygen atoms in total. The van der Waals surface area contributed by atoms with Crippen molar-refractivity contribution < 1.29 is 22.8 Å². The number of quaternary nitrogens is 1. The third-order valence-electron chi connectivity index (χ3n) is 10.1. The van der Waals surface area contributed by atoms with E-state index in [1.807, 2.05) is 25.1 Å². The Kier molecular flexibility index (Phi) is 9.68. The second-order valence-corrected chi connectivity index (χ2v) is 13.6. The number of fused-ring (bicyclic) bond motifs is 1. The Balaban J connectivity index is 1.01. The average Bonchev–Trinajstić information content (AvgIpc) is 3.81. The topological polar surface area (TPSA) is 118 Å². The highest BCUT2D eigenvalue weighted by Crippen LogP contribution is 2.33. The minimum atomic E-state index is -1.16. The lowest BCUT2D eigenvalue weighted by molar-refractivity contribution is -0.918. The molecule has 3 N–H and O–H groups in total. The number of hydrogen-bond donors (Lipinski definition) is 3. The molecule has 2 fully saturated rings. The molecule has 5 aromatic rings. The maximum Gasteiger partial charge on any atom is 0.321 e. The molecule has 7 rings (SSSR count). The summed E-state index contributed by atoms with van der Waals surface area (Å²) in [4.78, 5) is 30.1. The van der Waals surface area contributed by atoms with Crippen LogP contribution in [0.1, 0.15) is 42.1 Å². The fourth-order valence-electron chi connectivity index (χ4n) is 7.23. The number of rotatable bonds is 11. The highest BCUT2D eigenvalue weighted by molar-refractivity contribution is 5.96. The summed E-state index contributed by atoms with van der Waals surface area (Å²) in [5, 5.41) is 9.99. The van der Waals surface area contributed by atoms with Gasteiger partial charge in [-0.2, -0.15) is 4.39 Å². The summed E-state index contributed by atoms with van der Waals surface area (Å²) in [5.41, 5.74) is 3.04. The van der Waals surface area contributed by atoms with E-state index in [-0.39, 0.29) is 23.2 Å².